The molecule has 0 saturated carbocycles. The molecule has 0 aliphatic carbocycles. The van der Waals surface area contributed by atoms with Gasteiger partial charge in [0.15, 0.2) is 5.96 Å². The van der Waals surface area contributed by atoms with Gasteiger partial charge in [-0.15, -0.1) is 24.0 Å². The Morgan fingerprint density at radius 1 is 1.04 bits per heavy atom. The fraction of sp³-hybridized carbons (Fsp3) is 0.941. The molecule has 0 aromatic heterocycles. The summed E-state index contributed by atoms with van der Waals surface area (Å²) in [6, 6.07) is 0. The number of hydrogen-bond acceptors (Lipinski definition) is 3. The number of piperazine rings is 1. The Balaban J connectivity index is 0.00000484. The molecule has 0 spiro atoms. The third-order valence-corrected chi connectivity index (χ3v) is 4.34. The van der Waals surface area contributed by atoms with Crippen molar-refractivity contribution in [1.82, 2.24) is 20.4 Å². The number of rotatable bonds is 8. The quantitative estimate of drug-likeness (QED) is 0.345. The van der Waals surface area contributed by atoms with E-state index in [-0.39, 0.29) is 24.0 Å². The van der Waals surface area contributed by atoms with E-state index in [1.807, 2.05) is 7.05 Å². The summed E-state index contributed by atoms with van der Waals surface area (Å²) in [5, 5.41) is 6.85. The van der Waals surface area contributed by atoms with Gasteiger partial charge in [0.1, 0.15) is 0 Å². The lowest BCUT2D eigenvalue weighted by atomic mass is 10.1. The molecule has 1 saturated heterocycles. The Bertz CT molecular complexity index is 314. The molecule has 1 fully saturated rings. The van der Waals surface area contributed by atoms with Crippen molar-refractivity contribution in [3.8, 4) is 0 Å². The van der Waals surface area contributed by atoms with Crippen LogP contribution in [0.25, 0.3) is 0 Å². The van der Waals surface area contributed by atoms with Crippen molar-refractivity contribution in [2.45, 2.75) is 34.1 Å². The average molecular weight is 439 g/mol. The van der Waals surface area contributed by atoms with E-state index in [1.54, 1.807) is 0 Å². The van der Waals surface area contributed by atoms with Crippen LogP contribution in [-0.2, 0) is 0 Å². The second-order valence-electron chi connectivity index (χ2n) is 6.90. The van der Waals surface area contributed by atoms with Gasteiger partial charge < -0.3 is 20.4 Å². The summed E-state index contributed by atoms with van der Waals surface area (Å²) in [6.45, 7) is 18.2. The maximum Gasteiger partial charge on any atom is 0.190 e. The highest BCUT2D eigenvalue weighted by molar-refractivity contribution is 14.0. The number of guanidine groups is 1. The van der Waals surface area contributed by atoms with Crippen molar-refractivity contribution in [2.24, 2.45) is 16.8 Å². The highest BCUT2D eigenvalue weighted by atomic mass is 127. The Morgan fingerprint density at radius 2 is 1.65 bits per heavy atom. The minimum absolute atomic E-state index is 0. The topological polar surface area (TPSA) is 42.9 Å². The number of nitrogens with one attached hydrogen (secondary N) is 2. The predicted octanol–water partition coefficient (Wildman–Crippen LogP) is 2.09. The van der Waals surface area contributed by atoms with Crippen molar-refractivity contribution in [3.05, 3.63) is 0 Å². The molecule has 0 radical (unpaired) electrons. The summed E-state index contributed by atoms with van der Waals surface area (Å²) >= 11 is 0. The van der Waals surface area contributed by atoms with Gasteiger partial charge in [-0.05, 0) is 24.8 Å². The molecular formula is C17H38IN5. The first kappa shape index (κ1) is 22.9. The first-order valence-corrected chi connectivity index (χ1v) is 8.94. The van der Waals surface area contributed by atoms with E-state index in [4.69, 9.17) is 0 Å². The zero-order chi connectivity index (χ0) is 16.4. The molecule has 1 aliphatic rings. The van der Waals surface area contributed by atoms with Crippen LogP contribution in [-0.4, -0.2) is 75.2 Å². The standard InChI is InChI=1S/C17H37N5.HI/c1-6-21-9-11-22(12-10-21)14-16(4)13-20-17(18-5)19-8-7-15(2)3;/h15-16H,6-14H2,1-5H3,(H2,18,19,20);1H. The molecule has 2 N–H and O–H groups in total. The van der Waals surface area contributed by atoms with E-state index in [0.717, 1.165) is 25.0 Å². The second-order valence-corrected chi connectivity index (χ2v) is 6.90. The van der Waals surface area contributed by atoms with Crippen molar-refractivity contribution in [3.63, 3.8) is 0 Å². The van der Waals surface area contributed by atoms with Crippen molar-refractivity contribution in [1.29, 1.82) is 0 Å². The van der Waals surface area contributed by atoms with Crippen LogP contribution >= 0.6 is 24.0 Å². The van der Waals surface area contributed by atoms with Crippen LogP contribution in [0.3, 0.4) is 0 Å². The molecule has 6 heteroatoms. The highest BCUT2D eigenvalue weighted by Crippen LogP contribution is 2.05. The summed E-state index contributed by atoms with van der Waals surface area (Å²) in [7, 11) is 1.85. The zero-order valence-electron chi connectivity index (χ0n) is 15.8. The van der Waals surface area contributed by atoms with Crippen molar-refractivity contribution < 1.29 is 0 Å². The van der Waals surface area contributed by atoms with Gasteiger partial charge in [-0.25, -0.2) is 0 Å². The number of aliphatic imine (C=N–C) groups is 1. The number of hydrogen-bond donors (Lipinski definition) is 2. The maximum atomic E-state index is 4.30. The average Bonchev–Trinajstić information content (AvgIpc) is 2.51. The Kier molecular flexibility index (Phi) is 13.2. The van der Waals surface area contributed by atoms with Crippen LogP contribution in [0.4, 0.5) is 0 Å². The summed E-state index contributed by atoms with van der Waals surface area (Å²) in [5.41, 5.74) is 0. The van der Waals surface area contributed by atoms with Crippen LogP contribution in [0, 0.1) is 11.8 Å². The molecule has 0 bridgehead atoms. The summed E-state index contributed by atoms with van der Waals surface area (Å²) in [4.78, 5) is 9.42. The van der Waals surface area contributed by atoms with Gasteiger partial charge in [-0.2, -0.15) is 0 Å². The Hall–Kier alpha value is -0.0800. The largest absolute Gasteiger partial charge is 0.356 e. The molecule has 138 valence electrons. The van der Waals surface area contributed by atoms with Gasteiger partial charge in [0.25, 0.3) is 0 Å². The summed E-state index contributed by atoms with van der Waals surface area (Å²) in [6.07, 6.45) is 1.18. The van der Waals surface area contributed by atoms with Crippen LogP contribution in [0.15, 0.2) is 4.99 Å². The van der Waals surface area contributed by atoms with E-state index >= 15 is 0 Å². The second kappa shape index (κ2) is 13.2. The minimum atomic E-state index is 0. The third kappa shape index (κ3) is 10.4. The van der Waals surface area contributed by atoms with E-state index in [9.17, 15) is 0 Å². The van der Waals surface area contributed by atoms with Crippen LogP contribution in [0.1, 0.15) is 34.1 Å². The van der Waals surface area contributed by atoms with Gasteiger partial charge in [0, 0.05) is 52.9 Å². The monoisotopic (exact) mass is 439 g/mol. The Labute approximate surface area is 160 Å². The lowest BCUT2D eigenvalue weighted by molar-refractivity contribution is 0.124. The summed E-state index contributed by atoms with van der Waals surface area (Å²) in [5.74, 6) is 2.30. The first-order valence-electron chi connectivity index (χ1n) is 8.94. The van der Waals surface area contributed by atoms with Crippen LogP contribution in [0.5, 0.6) is 0 Å². The maximum absolute atomic E-state index is 4.30. The number of nitrogens with zero attached hydrogens (tertiary/aromatic N) is 3. The van der Waals surface area contributed by atoms with Crippen molar-refractivity contribution in [2.75, 3.05) is 59.4 Å². The zero-order valence-corrected chi connectivity index (χ0v) is 18.1. The molecule has 1 aliphatic heterocycles. The minimum Gasteiger partial charge on any atom is -0.356 e. The third-order valence-electron chi connectivity index (χ3n) is 4.34. The molecule has 5 nitrogen and oxygen atoms in total. The van der Waals surface area contributed by atoms with Gasteiger partial charge in [-0.1, -0.05) is 27.7 Å². The molecule has 0 amide bonds. The van der Waals surface area contributed by atoms with Gasteiger partial charge >= 0.3 is 0 Å². The first-order chi connectivity index (χ1) is 10.5. The molecule has 1 rings (SSSR count). The van der Waals surface area contributed by atoms with E-state index < -0.39 is 0 Å². The van der Waals surface area contributed by atoms with Gasteiger partial charge in [-0.3, -0.25) is 4.99 Å². The highest BCUT2D eigenvalue weighted by Gasteiger charge is 2.17. The number of likely N-dealkylation sites (N-methyl/N-ethyl adjacent to an activating group) is 1. The SMILES string of the molecule is CCN1CCN(CC(C)CNC(=NC)NCCC(C)C)CC1.I. The predicted molar refractivity (Wildman–Crippen MR) is 112 cm³/mol. The fourth-order valence-corrected chi connectivity index (χ4v) is 2.76. The molecule has 1 unspecified atom stereocenters. The number of halogens is 1. The molecule has 0 aromatic rings. The lowest BCUT2D eigenvalue weighted by Gasteiger charge is -2.35. The van der Waals surface area contributed by atoms with E-state index in [2.05, 4.69) is 53.1 Å². The van der Waals surface area contributed by atoms with E-state index in [0.29, 0.717) is 5.92 Å². The van der Waals surface area contributed by atoms with Crippen molar-refractivity contribution >= 4 is 29.9 Å². The van der Waals surface area contributed by atoms with Gasteiger partial charge in [0.05, 0.1) is 0 Å². The molecule has 23 heavy (non-hydrogen) atoms. The molecular weight excluding hydrogens is 401 g/mol. The van der Waals surface area contributed by atoms with Crippen LogP contribution in [0.2, 0.25) is 0 Å². The van der Waals surface area contributed by atoms with Gasteiger partial charge in [0.2, 0.25) is 0 Å². The Morgan fingerprint density at radius 3 is 2.17 bits per heavy atom. The normalized spacial score (nSPS) is 18.6. The summed E-state index contributed by atoms with van der Waals surface area (Å²) < 4.78 is 0. The smallest absolute Gasteiger partial charge is 0.190 e. The lowest BCUT2D eigenvalue weighted by Crippen LogP contribution is -2.48. The van der Waals surface area contributed by atoms with E-state index in [1.165, 1.54) is 45.7 Å². The molecule has 0 aromatic carbocycles. The van der Waals surface area contributed by atoms with Crippen LogP contribution < -0.4 is 10.6 Å². The molecule has 1 atom stereocenters. The molecule has 1 heterocycles. The fourth-order valence-electron chi connectivity index (χ4n) is 2.76.